The molecule has 17 heavy (non-hydrogen) atoms. The van der Waals surface area contributed by atoms with E-state index in [9.17, 15) is 0 Å². The van der Waals surface area contributed by atoms with E-state index in [1.165, 1.54) is 64.2 Å². The summed E-state index contributed by atoms with van der Waals surface area (Å²) in [6, 6.07) is 0. The van der Waals surface area contributed by atoms with Gasteiger partial charge in [0.1, 0.15) is 0 Å². The summed E-state index contributed by atoms with van der Waals surface area (Å²) in [4.78, 5) is 0. The van der Waals surface area contributed by atoms with Crippen LogP contribution >= 0.6 is 0 Å². The van der Waals surface area contributed by atoms with Crippen molar-refractivity contribution < 1.29 is 0 Å². The molecule has 0 atom stereocenters. The third kappa shape index (κ3) is 15.5. The van der Waals surface area contributed by atoms with Crippen LogP contribution in [0.4, 0.5) is 0 Å². The Kier molecular flexibility index (Phi) is 15.0. The smallest absolute Gasteiger partial charge is 0.0351 e. The third-order valence-corrected chi connectivity index (χ3v) is 2.97. The van der Waals surface area contributed by atoms with E-state index in [0.717, 1.165) is 6.42 Å². The highest BCUT2D eigenvalue weighted by molar-refractivity contribution is 4.84. The molecule has 0 heteroatoms. The van der Waals surface area contributed by atoms with E-state index < -0.39 is 0 Å². The van der Waals surface area contributed by atoms with Crippen LogP contribution in [0.5, 0.6) is 0 Å². The van der Waals surface area contributed by atoms with E-state index in [-0.39, 0.29) is 0 Å². The zero-order chi connectivity index (χ0) is 12.6. The van der Waals surface area contributed by atoms with Crippen molar-refractivity contribution in [1.29, 1.82) is 0 Å². The predicted octanol–water partition coefficient (Wildman–Crippen LogP) is 6.24. The van der Waals surface area contributed by atoms with Gasteiger partial charge in [-0.15, -0.1) is 0 Å². The molecule has 0 aliphatic heterocycles. The van der Waals surface area contributed by atoms with Crippen molar-refractivity contribution >= 4 is 0 Å². The number of unbranched alkanes of at least 4 members (excludes halogenated alkanes) is 8. The standard InChI is InChI=1S/C17H31/c1-3-5-7-9-11-13-15-17-16-14-12-10-8-6-4-2/h5,7,16-17H,1,3-4,6,8-15H2,2H3. The molecule has 0 saturated heterocycles. The van der Waals surface area contributed by atoms with Crippen molar-refractivity contribution in [2.45, 2.75) is 77.6 Å². The van der Waals surface area contributed by atoms with Crippen molar-refractivity contribution in [3.63, 3.8) is 0 Å². The fourth-order valence-electron chi connectivity index (χ4n) is 1.86. The van der Waals surface area contributed by atoms with E-state index in [0.29, 0.717) is 0 Å². The maximum absolute atomic E-state index is 3.78. The normalized spacial score (nSPS) is 11.9. The van der Waals surface area contributed by atoms with Crippen LogP contribution in [-0.2, 0) is 0 Å². The molecule has 0 aliphatic carbocycles. The zero-order valence-electron chi connectivity index (χ0n) is 11.8. The first-order chi connectivity index (χ1) is 8.41. The molecule has 0 fully saturated rings. The minimum absolute atomic E-state index is 0.929. The van der Waals surface area contributed by atoms with Crippen LogP contribution in [0.3, 0.4) is 0 Å². The highest BCUT2D eigenvalue weighted by Gasteiger charge is 1.87. The average Bonchev–Trinajstić information content (AvgIpc) is 2.35. The van der Waals surface area contributed by atoms with Gasteiger partial charge in [-0.05, 0) is 51.9 Å². The van der Waals surface area contributed by atoms with Gasteiger partial charge in [0, 0.05) is 0 Å². The molecule has 0 nitrogen and oxygen atoms in total. The molecule has 0 aromatic rings. The summed E-state index contributed by atoms with van der Waals surface area (Å²) in [7, 11) is 0. The molecule has 0 rings (SSSR count). The second-order valence-corrected chi connectivity index (χ2v) is 4.72. The van der Waals surface area contributed by atoms with Gasteiger partial charge in [-0.1, -0.05) is 56.9 Å². The molecule has 99 valence electrons. The lowest BCUT2D eigenvalue weighted by Gasteiger charge is -1.96. The Morgan fingerprint density at radius 3 is 1.65 bits per heavy atom. The van der Waals surface area contributed by atoms with E-state index in [4.69, 9.17) is 0 Å². The van der Waals surface area contributed by atoms with Gasteiger partial charge in [0.25, 0.3) is 0 Å². The van der Waals surface area contributed by atoms with Crippen LogP contribution in [0, 0.1) is 6.92 Å². The van der Waals surface area contributed by atoms with Gasteiger partial charge in [-0.25, -0.2) is 0 Å². The van der Waals surface area contributed by atoms with Crippen molar-refractivity contribution in [1.82, 2.24) is 0 Å². The SMILES string of the molecule is [CH2]CC=CCCCCC=CCCCCCCC. The topological polar surface area (TPSA) is 0 Å². The molecule has 0 unspecified atom stereocenters. The Hall–Kier alpha value is -0.520. The summed E-state index contributed by atoms with van der Waals surface area (Å²) in [6.07, 6.45) is 23.4. The van der Waals surface area contributed by atoms with Gasteiger partial charge < -0.3 is 0 Å². The summed E-state index contributed by atoms with van der Waals surface area (Å²) in [6.45, 7) is 6.05. The fourth-order valence-corrected chi connectivity index (χ4v) is 1.86. The number of allylic oxidation sites excluding steroid dienone is 4. The van der Waals surface area contributed by atoms with Crippen molar-refractivity contribution in [3.8, 4) is 0 Å². The summed E-state index contributed by atoms with van der Waals surface area (Å²) < 4.78 is 0. The molecule has 0 aromatic heterocycles. The van der Waals surface area contributed by atoms with Gasteiger partial charge >= 0.3 is 0 Å². The predicted molar refractivity (Wildman–Crippen MR) is 80.1 cm³/mol. The van der Waals surface area contributed by atoms with E-state index in [2.05, 4.69) is 38.2 Å². The van der Waals surface area contributed by atoms with Crippen LogP contribution in [0.1, 0.15) is 77.6 Å². The second-order valence-electron chi connectivity index (χ2n) is 4.72. The summed E-state index contributed by atoms with van der Waals surface area (Å²) in [5.41, 5.74) is 0. The van der Waals surface area contributed by atoms with Crippen molar-refractivity contribution in [2.75, 3.05) is 0 Å². The minimum atomic E-state index is 0.929. The van der Waals surface area contributed by atoms with Crippen LogP contribution < -0.4 is 0 Å². The Morgan fingerprint density at radius 1 is 0.647 bits per heavy atom. The Morgan fingerprint density at radius 2 is 1.12 bits per heavy atom. The molecule has 1 radical (unpaired) electrons. The second kappa shape index (κ2) is 15.5. The highest BCUT2D eigenvalue weighted by atomic mass is 13.9. The first-order valence-corrected chi connectivity index (χ1v) is 7.51. The summed E-state index contributed by atoms with van der Waals surface area (Å²) >= 11 is 0. The Bertz CT molecular complexity index is 176. The molecular weight excluding hydrogens is 204 g/mol. The van der Waals surface area contributed by atoms with Crippen molar-refractivity contribution in [3.05, 3.63) is 31.2 Å². The van der Waals surface area contributed by atoms with Gasteiger partial charge in [0.05, 0.1) is 0 Å². The van der Waals surface area contributed by atoms with Crippen LogP contribution in [-0.4, -0.2) is 0 Å². The molecule has 0 amide bonds. The first-order valence-electron chi connectivity index (χ1n) is 7.51. The maximum Gasteiger partial charge on any atom is -0.0351 e. The molecule has 0 spiro atoms. The largest absolute Gasteiger partial charge is 0.0885 e. The van der Waals surface area contributed by atoms with E-state index in [1.807, 2.05) is 0 Å². The number of rotatable bonds is 12. The lowest BCUT2D eigenvalue weighted by molar-refractivity contribution is 0.636. The van der Waals surface area contributed by atoms with Crippen LogP contribution in [0.25, 0.3) is 0 Å². The van der Waals surface area contributed by atoms with Gasteiger partial charge in [0.15, 0.2) is 0 Å². The molecule has 0 N–H and O–H groups in total. The fraction of sp³-hybridized carbons (Fsp3) is 0.706. The molecule has 0 saturated carbocycles. The van der Waals surface area contributed by atoms with Crippen LogP contribution in [0.15, 0.2) is 24.3 Å². The highest BCUT2D eigenvalue weighted by Crippen LogP contribution is 2.07. The average molecular weight is 235 g/mol. The lowest BCUT2D eigenvalue weighted by Crippen LogP contribution is -1.76. The minimum Gasteiger partial charge on any atom is -0.0885 e. The van der Waals surface area contributed by atoms with E-state index >= 15 is 0 Å². The van der Waals surface area contributed by atoms with Gasteiger partial charge in [0.2, 0.25) is 0 Å². The Balaban J connectivity index is 3.07. The molecule has 0 aliphatic rings. The maximum atomic E-state index is 3.78. The van der Waals surface area contributed by atoms with Gasteiger partial charge in [-0.3, -0.25) is 0 Å². The Labute approximate surface area is 109 Å². The monoisotopic (exact) mass is 235 g/mol. The van der Waals surface area contributed by atoms with Gasteiger partial charge in [-0.2, -0.15) is 0 Å². The number of hydrogen-bond acceptors (Lipinski definition) is 0. The molecule has 0 bridgehead atoms. The van der Waals surface area contributed by atoms with Crippen LogP contribution in [0.2, 0.25) is 0 Å². The number of hydrogen-bond donors (Lipinski definition) is 0. The van der Waals surface area contributed by atoms with Crippen molar-refractivity contribution in [2.24, 2.45) is 0 Å². The summed E-state index contributed by atoms with van der Waals surface area (Å²) in [5, 5.41) is 0. The first kappa shape index (κ1) is 16.5. The molecular formula is C17H31. The molecule has 0 aromatic carbocycles. The van der Waals surface area contributed by atoms with E-state index in [1.54, 1.807) is 0 Å². The summed E-state index contributed by atoms with van der Waals surface area (Å²) in [5.74, 6) is 0. The lowest BCUT2D eigenvalue weighted by atomic mass is 10.1. The third-order valence-electron chi connectivity index (χ3n) is 2.97. The quantitative estimate of drug-likeness (QED) is 0.277. The zero-order valence-corrected chi connectivity index (χ0v) is 11.8. The molecule has 0 heterocycles.